The standard InChI is InChI=1S/C20H31N3O2/c1-2-3-4-5-6-7-9-16-11-13-17(14-12-16)20(24)23-15-8-10-18(23)19(21)22-25/h11-14,18,25H,2-10,15H2,1H3,(H2,21,22)/t18-/m0/s1. The second kappa shape index (κ2) is 10.1. The number of likely N-dealkylation sites (tertiary alicyclic amines) is 1. The average molecular weight is 345 g/mol. The Morgan fingerprint density at radius 1 is 1.20 bits per heavy atom. The molecule has 1 heterocycles. The number of benzene rings is 1. The van der Waals surface area contributed by atoms with Crippen LogP contribution in [-0.4, -0.2) is 34.4 Å². The van der Waals surface area contributed by atoms with E-state index in [2.05, 4.69) is 12.1 Å². The van der Waals surface area contributed by atoms with E-state index in [4.69, 9.17) is 10.9 Å². The van der Waals surface area contributed by atoms with Crippen molar-refractivity contribution in [2.24, 2.45) is 10.9 Å². The van der Waals surface area contributed by atoms with Gasteiger partial charge < -0.3 is 15.8 Å². The lowest BCUT2D eigenvalue weighted by molar-refractivity contribution is 0.0768. The Balaban J connectivity index is 1.85. The van der Waals surface area contributed by atoms with Crippen LogP contribution in [0.4, 0.5) is 0 Å². The summed E-state index contributed by atoms with van der Waals surface area (Å²) in [5, 5.41) is 11.9. The van der Waals surface area contributed by atoms with Gasteiger partial charge in [0.2, 0.25) is 0 Å². The number of unbranched alkanes of at least 4 members (excludes halogenated alkanes) is 5. The minimum atomic E-state index is -0.291. The maximum absolute atomic E-state index is 12.7. The number of carbonyl (C=O) groups excluding carboxylic acids is 1. The maximum Gasteiger partial charge on any atom is 0.254 e. The van der Waals surface area contributed by atoms with Crippen LogP contribution in [0.15, 0.2) is 29.4 Å². The van der Waals surface area contributed by atoms with Crippen molar-refractivity contribution in [1.29, 1.82) is 0 Å². The molecule has 0 bridgehead atoms. The molecule has 1 fully saturated rings. The summed E-state index contributed by atoms with van der Waals surface area (Å²) >= 11 is 0. The van der Waals surface area contributed by atoms with Gasteiger partial charge in [-0.25, -0.2) is 0 Å². The predicted molar refractivity (Wildman–Crippen MR) is 101 cm³/mol. The van der Waals surface area contributed by atoms with Gasteiger partial charge in [0.25, 0.3) is 5.91 Å². The molecular formula is C20H31N3O2. The number of amidine groups is 1. The van der Waals surface area contributed by atoms with E-state index in [0.29, 0.717) is 12.1 Å². The van der Waals surface area contributed by atoms with E-state index in [0.717, 1.165) is 19.3 Å². The van der Waals surface area contributed by atoms with Crippen molar-refractivity contribution < 1.29 is 10.0 Å². The average Bonchev–Trinajstić information content (AvgIpc) is 3.13. The van der Waals surface area contributed by atoms with Crippen molar-refractivity contribution in [2.75, 3.05) is 6.54 Å². The molecule has 1 atom stereocenters. The molecule has 0 radical (unpaired) electrons. The monoisotopic (exact) mass is 345 g/mol. The number of rotatable bonds is 9. The van der Waals surface area contributed by atoms with Gasteiger partial charge in [0, 0.05) is 12.1 Å². The fourth-order valence-corrected chi connectivity index (χ4v) is 3.47. The van der Waals surface area contributed by atoms with Crippen molar-refractivity contribution >= 4 is 11.7 Å². The number of carbonyl (C=O) groups is 1. The Bertz CT molecular complexity index is 569. The smallest absolute Gasteiger partial charge is 0.254 e. The Morgan fingerprint density at radius 3 is 2.56 bits per heavy atom. The summed E-state index contributed by atoms with van der Waals surface area (Å²) in [5.74, 6) is 0.0748. The van der Waals surface area contributed by atoms with Crippen LogP contribution in [0, 0.1) is 0 Å². The van der Waals surface area contributed by atoms with Crippen LogP contribution in [0.25, 0.3) is 0 Å². The summed E-state index contributed by atoms with van der Waals surface area (Å²) in [7, 11) is 0. The van der Waals surface area contributed by atoms with Gasteiger partial charge in [0.05, 0.1) is 6.04 Å². The van der Waals surface area contributed by atoms with Gasteiger partial charge in [-0.15, -0.1) is 0 Å². The quantitative estimate of drug-likeness (QED) is 0.234. The molecule has 1 aliphatic heterocycles. The molecule has 5 nitrogen and oxygen atoms in total. The van der Waals surface area contributed by atoms with Crippen LogP contribution in [0.5, 0.6) is 0 Å². The van der Waals surface area contributed by atoms with Gasteiger partial charge in [0.1, 0.15) is 0 Å². The molecule has 5 heteroatoms. The summed E-state index contributed by atoms with van der Waals surface area (Å²) in [6.07, 6.45) is 10.4. The van der Waals surface area contributed by atoms with E-state index >= 15 is 0 Å². The van der Waals surface area contributed by atoms with E-state index in [-0.39, 0.29) is 17.8 Å². The molecular weight excluding hydrogens is 314 g/mol. The minimum Gasteiger partial charge on any atom is -0.409 e. The lowest BCUT2D eigenvalue weighted by Crippen LogP contribution is -2.43. The molecule has 1 aliphatic rings. The predicted octanol–water partition coefficient (Wildman–Crippen LogP) is 3.94. The molecule has 0 unspecified atom stereocenters. The zero-order chi connectivity index (χ0) is 18.1. The number of hydrogen-bond donors (Lipinski definition) is 2. The summed E-state index contributed by atoms with van der Waals surface area (Å²) in [4.78, 5) is 14.4. The Labute approximate surface area is 150 Å². The van der Waals surface area contributed by atoms with Gasteiger partial charge in [-0.3, -0.25) is 4.79 Å². The fraction of sp³-hybridized carbons (Fsp3) is 0.600. The van der Waals surface area contributed by atoms with Crippen LogP contribution < -0.4 is 5.73 Å². The van der Waals surface area contributed by atoms with E-state index in [1.807, 2.05) is 24.3 Å². The first kappa shape index (κ1) is 19.3. The van der Waals surface area contributed by atoms with Crippen molar-refractivity contribution in [3.8, 4) is 0 Å². The first-order valence-corrected chi connectivity index (χ1v) is 9.54. The number of amides is 1. The normalized spacial score (nSPS) is 17.9. The lowest BCUT2D eigenvalue weighted by Gasteiger charge is -2.23. The van der Waals surface area contributed by atoms with Gasteiger partial charge in [0.15, 0.2) is 5.84 Å². The second-order valence-corrected chi connectivity index (χ2v) is 6.90. The highest BCUT2D eigenvalue weighted by Crippen LogP contribution is 2.21. The van der Waals surface area contributed by atoms with Crippen molar-refractivity contribution in [1.82, 2.24) is 4.90 Å². The van der Waals surface area contributed by atoms with Crippen molar-refractivity contribution in [3.63, 3.8) is 0 Å². The van der Waals surface area contributed by atoms with Crippen LogP contribution in [0.1, 0.15) is 74.2 Å². The van der Waals surface area contributed by atoms with Crippen molar-refractivity contribution in [2.45, 2.75) is 70.8 Å². The highest BCUT2D eigenvalue weighted by Gasteiger charge is 2.32. The highest BCUT2D eigenvalue weighted by atomic mass is 16.4. The number of aryl methyl sites for hydroxylation is 1. The van der Waals surface area contributed by atoms with E-state index in [9.17, 15) is 4.79 Å². The molecule has 25 heavy (non-hydrogen) atoms. The SMILES string of the molecule is CCCCCCCCc1ccc(C(=O)N2CCC[C@H]2/C(N)=N/O)cc1. The first-order valence-electron chi connectivity index (χ1n) is 9.54. The number of oxime groups is 1. The largest absolute Gasteiger partial charge is 0.409 e. The number of nitrogens with zero attached hydrogens (tertiary/aromatic N) is 2. The first-order chi connectivity index (χ1) is 12.2. The molecule has 1 aromatic carbocycles. The van der Waals surface area contributed by atoms with Gasteiger partial charge >= 0.3 is 0 Å². The summed E-state index contributed by atoms with van der Waals surface area (Å²) in [5.41, 5.74) is 7.66. The summed E-state index contributed by atoms with van der Waals surface area (Å²) in [6, 6.07) is 7.61. The van der Waals surface area contributed by atoms with Crippen LogP contribution in [0.2, 0.25) is 0 Å². The van der Waals surface area contributed by atoms with Crippen LogP contribution >= 0.6 is 0 Å². The zero-order valence-corrected chi connectivity index (χ0v) is 15.3. The molecule has 0 spiro atoms. The third-order valence-electron chi connectivity index (χ3n) is 4.99. The van der Waals surface area contributed by atoms with E-state index in [1.54, 1.807) is 4.90 Å². The fourth-order valence-electron chi connectivity index (χ4n) is 3.47. The Hall–Kier alpha value is -2.04. The summed E-state index contributed by atoms with van der Waals surface area (Å²) < 4.78 is 0. The third kappa shape index (κ3) is 5.48. The summed E-state index contributed by atoms with van der Waals surface area (Å²) in [6.45, 7) is 2.89. The zero-order valence-electron chi connectivity index (χ0n) is 15.3. The minimum absolute atomic E-state index is 0.0415. The topological polar surface area (TPSA) is 78.9 Å². The van der Waals surface area contributed by atoms with Crippen LogP contribution in [-0.2, 0) is 6.42 Å². The number of hydrogen-bond acceptors (Lipinski definition) is 3. The van der Waals surface area contributed by atoms with Gasteiger partial charge in [-0.2, -0.15) is 0 Å². The molecule has 0 saturated carbocycles. The molecule has 0 aliphatic carbocycles. The van der Waals surface area contributed by atoms with E-state index in [1.165, 1.54) is 44.1 Å². The Kier molecular flexibility index (Phi) is 7.76. The van der Waals surface area contributed by atoms with Crippen LogP contribution in [0.3, 0.4) is 0 Å². The molecule has 0 aromatic heterocycles. The Morgan fingerprint density at radius 2 is 1.88 bits per heavy atom. The van der Waals surface area contributed by atoms with Gasteiger partial charge in [-0.05, 0) is 43.4 Å². The third-order valence-corrected chi connectivity index (χ3v) is 4.99. The molecule has 138 valence electrons. The maximum atomic E-state index is 12.7. The number of nitrogens with two attached hydrogens (primary N) is 1. The second-order valence-electron chi connectivity index (χ2n) is 6.90. The van der Waals surface area contributed by atoms with E-state index < -0.39 is 0 Å². The molecule has 1 amide bonds. The lowest BCUT2D eigenvalue weighted by atomic mass is 10.0. The van der Waals surface area contributed by atoms with Gasteiger partial charge in [-0.1, -0.05) is 56.3 Å². The molecule has 1 aromatic rings. The molecule has 1 saturated heterocycles. The molecule has 3 N–H and O–H groups in total. The molecule has 2 rings (SSSR count). The van der Waals surface area contributed by atoms with Crippen molar-refractivity contribution in [3.05, 3.63) is 35.4 Å². The highest BCUT2D eigenvalue weighted by molar-refractivity contribution is 5.98.